The van der Waals surface area contributed by atoms with E-state index < -0.39 is 0 Å². The summed E-state index contributed by atoms with van der Waals surface area (Å²) in [6, 6.07) is 46.4. The number of hydrogen-bond donors (Lipinski definition) is 0. The minimum atomic E-state index is -0.235. The molecule has 41 heavy (non-hydrogen) atoms. The van der Waals surface area contributed by atoms with E-state index in [1.165, 1.54) is 0 Å². The molecule has 1 amide bonds. The van der Waals surface area contributed by atoms with Gasteiger partial charge in [0.25, 0.3) is 0 Å². The van der Waals surface area contributed by atoms with Gasteiger partial charge >= 0.3 is 0 Å². The van der Waals surface area contributed by atoms with Crippen LogP contribution in [0.5, 0.6) is 11.5 Å². The third-order valence-electron chi connectivity index (χ3n) is 7.15. The fraction of sp³-hybridized carbons (Fsp3) is 0.162. The van der Waals surface area contributed by atoms with Gasteiger partial charge in [0.2, 0.25) is 5.91 Å². The summed E-state index contributed by atoms with van der Waals surface area (Å²) in [5.74, 6) is 1.41. The molecule has 0 aliphatic rings. The minimum absolute atomic E-state index is 0.0925. The van der Waals surface area contributed by atoms with Crippen molar-refractivity contribution in [3.05, 3.63) is 167 Å². The van der Waals surface area contributed by atoms with E-state index in [-0.39, 0.29) is 11.9 Å². The van der Waals surface area contributed by atoms with Gasteiger partial charge < -0.3 is 14.4 Å². The molecule has 0 aromatic heterocycles. The predicted molar refractivity (Wildman–Crippen MR) is 164 cm³/mol. The van der Waals surface area contributed by atoms with Gasteiger partial charge in [-0.15, -0.1) is 0 Å². The van der Waals surface area contributed by atoms with Crippen molar-refractivity contribution < 1.29 is 14.3 Å². The number of carbonyl (C=O) groups is 1. The summed E-state index contributed by atoms with van der Waals surface area (Å²) in [6.45, 7) is 0.877. The van der Waals surface area contributed by atoms with Crippen LogP contribution in [0.2, 0.25) is 0 Å². The van der Waals surface area contributed by atoms with E-state index in [9.17, 15) is 4.79 Å². The zero-order chi connectivity index (χ0) is 28.3. The van der Waals surface area contributed by atoms with Crippen LogP contribution in [0.4, 0.5) is 0 Å². The highest BCUT2D eigenvalue weighted by Crippen LogP contribution is 2.34. The summed E-state index contributed by atoms with van der Waals surface area (Å²) < 4.78 is 11.8. The summed E-state index contributed by atoms with van der Waals surface area (Å²) in [6.07, 6.45) is 1.09. The molecule has 0 heterocycles. The molecule has 4 heteroatoms. The number of aryl methyl sites for hydroxylation is 1. The average Bonchev–Trinajstić information content (AvgIpc) is 3.04. The number of carbonyl (C=O) groups excluding carboxylic acids is 1. The molecule has 0 spiro atoms. The van der Waals surface area contributed by atoms with E-state index in [0.29, 0.717) is 37.5 Å². The van der Waals surface area contributed by atoms with Crippen molar-refractivity contribution >= 4 is 5.91 Å². The molecule has 5 rings (SSSR count). The number of benzene rings is 5. The van der Waals surface area contributed by atoms with Crippen LogP contribution in [0.25, 0.3) is 0 Å². The van der Waals surface area contributed by atoms with E-state index in [0.717, 1.165) is 27.8 Å². The minimum Gasteiger partial charge on any atom is -0.493 e. The fourth-order valence-corrected chi connectivity index (χ4v) is 5.05. The first kappa shape index (κ1) is 27.7. The Labute approximate surface area is 242 Å². The summed E-state index contributed by atoms with van der Waals surface area (Å²) in [5.41, 5.74) is 5.35. The molecule has 5 aromatic carbocycles. The maximum absolute atomic E-state index is 14.1. The SMILES string of the molecule is COc1cc(CN(C(=O)CCc2ccccc2)C(c2ccccc2)c2ccccc2)ccc1OCc1ccccc1. The number of ether oxygens (including phenoxy) is 2. The number of rotatable bonds is 12. The monoisotopic (exact) mass is 541 g/mol. The van der Waals surface area contributed by atoms with Crippen molar-refractivity contribution in [3.63, 3.8) is 0 Å². The molecule has 0 bridgehead atoms. The first-order valence-electron chi connectivity index (χ1n) is 14.0. The molecule has 5 aromatic rings. The lowest BCUT2D eigenvalue weighted by atomic mass is 9.95. The standard InChI is InChI=1S/C37H35NO3/c1-40-35-26-31(22-24-34(35)41-28-30-16-8-3-9-17-30)27-38(36(39)25-23-29-14-6-2-7-15-29)37(32-18-10-4-11-19-32)33-20-12-5-13-21-33/h2-22,24,26,37H,23,25,27-28H2,1H3. The van der Waals surface area contributed by atoms with Crippen molar-refractivity contribution in [2.24, 2.45) is 0 Å². The highest BCUT2D eigenvalue weighted by molar-refractivity contribution is 5.77. The van der Waals surface area contributed by atoms with Gasteiger partial charge in [0.15, 0.2) is 11.5 Å². The number of hydrogen-bond acceptors (Lipinski definition) is 3. The van der Waals surface area contributed by atoms with Gasteiger partial charge in [-0.2, -0.15) is 0 Å². The van der Waals surface area contributed by atoms with Crippen LogP contribution < -0.4 is 9.47 Å². The Morgan fingerprint density at radius 3 is 1.73 bits per heavy atom. The molecule has 0 aliphatic carbocycles. The van der Waals surface area contributed by atoms with Gasteiger partial charge in [-0.25, -0.2) is 0 Å². The molecular formula is C37H35NO3. The van der Waals surface area contributed by atoms with E-state index >= 15 is 0 Å². The quantitative estimate of drug-likeness (QED) is 0.161. The Morgan fingerprint density at radius 1 is 0.634 bits per heavy atom. The van der Waals surface area contributed by atoms with Crippen molar-refractivity contribution in [2.45, 2.75) is 32.0 Å². The third kappa shape index (κ3) is 7.43. The van der Waals surface area contributed by atoms with Gasteiger partial charge in [-0.05, 0) is 46.4 Å². The molecule has 0 aliphatic heterocycles. The molecule has 0 radical (unpaired) electrons. The summed E-state index contributed by atoms with van der Waals surface area (Å²) in [4.78, 5) is 16.1. The summed E-state index contributed by atoms with van der Waals surface area (Å²) in [5, 5.41) is 0. The number of amides is 1. The lowest BCUT2D eigenvalue weighted by Gasteiger charge is -2.33. The Balaban J connectivity index is 1.45. The second kappa shape index (κ2) is 14.0. The van der Waals surface area contributed by atoms with Crippen LogP contribution >= 0.6 is 0 Å². The van der Waals surface area contributed by atoms with Gasteiger partial charge in [0.1, 0.15) is 6.61 Å². The van der Waals surface area contributed by atoms with Crippen LogP contribution in [0.3, 0.4) is 0 Å². The fourth-order valence-electron chi connectivity index (χ4n) is 5.05. The molecule has 0 saturated heterocycles. The average molecular weight is 542 g/mol. The van der Waals surface area contributed by atoms with Crippen LogP contribution in [0.15, 0.2) is 140 Å². The summed E-state index contributed by atoms with van der Waals surface area (Å²) in [7, 11) is 1.65. The summed E-state index contributed by atoms with van der Waals surface area (Å²) >= 11 is 0. The predicted octanol–water partition coefficient (Wildman–Crippen LogP) is 8.03. The molecule has 0 N–H and O–H groups in total. The van der Waals surface area contributed by atoms with E-state index in [1.807, 2.05) is 108 Å². The van der Waals surface area contributed by atoms with Gasteiger partial charge in [0.05, 0.1) is 13.2 Å². The van der Waals surface area contributed by atoms with E-state index in [4.69, 9.17) is 9.47 Å². The highest BCUT2D eigenvalue weighted by Gasteiger charge is 2.27. The van der Waals surface area contributed by atoms with E-state index in [2.05, 4.69) is 36.4 Å². The maximum atomic E-state index is 14.1. The molecule has 0 atom stereocenters. The second-order valence-electron chi connectivity index (χ2n) is 9.99. The van der Waals surface area contributed by atoms with Gasteiger partial charge in [-0.3, -0.25) is 4.79 Å². The Morgan fingerprint density at radius 2 is 1.17 bits per heavy atom. The van der Waals surface area contributed by atoms with Crippen LogP contribution in [-0.2, 0) is 24.4 Å². The van der Waals surface area contributed by atoms with Crippen molar-refractivity contribution in [3.8, 4) is 11.5 Å². The maximum Gasteiger partial charge on any atom is 0.223 e. The second-order valence-corrected chi connectivity index (χ2v) is 9.99. The van der Waals surface area contributed by atoms with Gasteiger partial charge in [0, 0.05) is 13.0 Å². The van der Waals surface area contributed by atoms with Crippen LogP contribution in [0, 0.1) is 0 Å². The third-order valence-corrected chi connectivity index (χ3v) is 7.15. The molecule has 206 valence electrons. The normalized spacial score (nSPS) is 10.8. The van der Waals surface area contributed by atoms with Crippen molar-refractivity contribution in [1.29, 1.82) is 0 Å². The Bertz CT molecular complexity index is 1470. The first-order chi connectivity index (χ1) is 20.2. The molecule has 0 fully saturated rings. The van der Waals surface area contributed by atoms with Crippen LogP contribution in [0.1, 0.15) is 40.3 Å². The first-order valence-corrected chi connectivity index (χ1v) is 14.0. The molecular weight excluding hydrogens is 506 g/mol. The zero-order valence-electron chi connectivity index (χ0n) is 23.4. The largest absolute Gasteiger partial charge is 0.493 e. The van der Waals surface area contributed by atoms with Crippen molar-refractivity contribution in [1.82, 2.24) is 4.90 Å². The zero-order valence-corrected chi connectivity index (χ0v) is 23.4. The lowest BCUT2D eigenvalue weighted by molar-refractivity contribution is -0.133. The smallest absolute Gasteiger partial charge is 0.223 e. The molecule has 0 saturated carbocycles. The highest BCUT2D eigenvalue weighted by atomic mass is 16.5. The number of nitrogens with zero attached hydrogens (tertiary/aromatic N) is 1. The van der Waals surface area contributed by atoms with E-state index in [1.54, 1.807) is 7.11 Å². The van der Waals surface area contributed by atoms with Crippen LogP contribution in [-0.4, -0.2) is 17.9 Å². The Hall–Kier alpha value is -4.83. The van der Waals surface area contributed by atoms with Gasteiger partial charge in [-0.1, -0.05) is 127 Å². The topological polar surface area (TPSA) is 38.8 Å². The molecule has 4 nitrogen and oxygen atoms in total. The van der Waals surface area contributed by atoms with Crippen molar-refractivity contribution in [2.75, 3.05) is 7.11 Å². The molecule has 0 unspecified atom stereocenters. The lowest BCUT2D eigenvalue weighted by Crippen LogP contribution is -2.35. The number of methoxy groups -OCH3 is 1. The Kier molecular flexibility index (Phi) is 9.46.